The first-order valence-corrected chi connectivity index (χ1v) is 4.34. The molecule has 0 aromatic carbocycles. The molecule has 0 radical (unpaired) electrons. The van der Waals surface area contributed by atoms with Crippen molar-refractivity contribution in [2.24, 2.45) is 5.84 Å². The van der Waals surface area contributed by atoms with Crippen molar-refractivity contribution in [3.05, 3.63) is 11.8 Å². The van der Waals surface area contributed by atoms with Crippen molar-refractivity contribution in [2.75, 3.05) is 18.6 Å². The zero-order valence-electron chi connectivity index (χ0n) is 7.86. The molecule has 14 heavy (non-hydrogen) atoms. The van der Waals surface area contributed by atoms with Gasteiger partial charge in [-0.05, 0) is 6.92 Å². The number of anilines is 1. The van der Waals surface area contributed by atoms with E-state index in [-0.39, 0.29) is 6.10 Å². The van der Waals surface area contributed by atoms with Crippen molar-refractivity contribution < 1.29 is 9.47 Å². The van der Waals surface area contributed by atoms with Crippen LogP contribution in [0.4, 0.5) is 5.95 Å². The van der Waals surface area contributed by atoms with Gasteiger partial charge in [-0.25, -0.2) is 10.8 Å². The van der Waals surface area contributed by atoms with Gasteiger partial charge in [-0.1, -0.05) is 0 Å². The number of aromatic nitrogens is 2. The Labute approximate surface area is 81.4 Å². The summed E-state index contributed by atoms with van der Waals surface area (Å²) in [5.74, 6) is 6.10. The van der Waals surface area contributed by atoms with E-state index in [0.29, 0.717) is 25.0 Å². The summed E-state index contributed by atoms with van der Waals surface area (Å²) in [4.78, 5) is 8.04. The lowest BCUT2D eigenvalue weighted by Gasteiger charge is -2.26. The number of nitrogens with one attached hydrogen (secondary N) is 1. The zero-order chi connectivity index (χ0) is 9.97. The molecule has 76 valence electrons. The first-order valence-electron chi connectivity index (χ1n) is 4.34. The van der Waals surface area contributed by atoms with Gasteiger partial charge in [0, 0.05) is 11.8 Å². The van der Waals surface area contributed by atoms with Crippen molar-refractivity contribution in [1.29, 1.82) is 0 Å². The second-order valence-corrected chi connectivity index (χ2v) is 3.10. The fraction of sp³-hybridized carbons (Fsp3) is 0.500. The largest absolute Gasteiger partial charge is 0.469 e. The van der Waals surface area contributed by atoms with Crippen LogP contribution >= 0.6 is 0 Å². The van der Waals surface area contributed by atoms with E-state index < -0.39 is 0 Å². The van der Waals surface area contributed by atoms with E-state index in [4.69, 9.17) is 15.3 Å². The molecule has 1 fully saturated rings. The van der Waals surface area contributed by atoms with E-state index in [2.05, 4.69) is 15.4 Å². The summed E-state index contributed by atoms with van der Waals surface area (Å²) >= 11 is 0. The van der Waals surface area contributed by atoms with Crippen molar-refractivity contribution in [3.8, 4) is 5.88 Å². The predicted molar refractivity (Wildman–Crippen MR) is 49.8 cm³/mol. The minimum atomic E-state index is 0.106. The third-order valence-corrected chi connectivity index (χ3v) is 1.94. The van der Waals surface area contributed by atoms with Crippen LogP contribution in [0.15, 0.2) is 6.20 Å². The topological polar surface area (TPSA) is 82.3 Å². The van der Waals surface area contributed by atoms with E-state index in [0.717, 1.165) is 5.56 Å². The van der Waals surface area contributed by atoms with E-state index in [1.807, 2.05) is 6.92 Å². The lowest BCUT2D eigenvalue weighted by molar-refractivity contribution is -0.0815. The molecule has 1 aromatic rings. The molecule has 0 saturated carbocycles. The number of hydrazine groups is 1. The van der Waals surface area contributed by atoms with Crippen molar-refractivity contribution in [3.63, 3.8) is 0 Å². The fourth-order valence-corrected chi connectivity index (χ4v) is 1.06. The van der Waals surface area contributed by atoms with E-state index in [1.165, 1.54) is 0 Å². The molecule has 2 rings (SSSR count). The maximum Gasteiger partial charge on any atom is 0.240 e. The standard InChI is InChI=1S/C8H12N4O2/c1-5-2-10-8(12-9)11-7(5)14-6-3-13-4-6/h2,6H,3-4,9H2,1H3,(H,10,11,12). The van der Waals surface area contributed by atoms with Crippen LogP contribution in [0.2, 0.25) is 0 Å². The molecule has 6 heteroatoms. The molecule has 1 aliphatic heterocycles. The normalized spacial score (nSPS) is 16.1. The molecule has 0 unspecified atom stereocenters. The maximum atomic E-state index is 5.55. The second-order valence-electron chi connectivity index (χ2n) is 3.10. The van der Waals surface area contributed by atoms with Crippen LogP contribution < -0.4 is 16.0 Å². The maximum absolute atomic E-state index is 5.55. The summed E-state index contributed by atoms with van der Waals surface area (Å²) in [6.45, 7) is 3.12. The minimum absolute atomic E-state index is 0.106. The summed E-state index contributed by atoms with van der Waals surface area (Å²) in [6.07, 6.45) is 1.77. The number of hydrogen-bond acceptors (Lipinski definition) is 6. The van der Waals surface area contributed by atoms with Gasteiger partial charge >= 0.3 is 0 Å². The average molecular weight is 196 g/mol. The van der Waals surface area contributed by atoms with Gasteiger partial charge in [0.25, 0.3) is 0 Å². The van der Waals surface area contributed by atoms with Crippen molar-refractivity contribution in [2.45, 2.75) is 13.0 Å². The van der Waals surface area contributed by atoms with Gasteiger partial charge in [-0.2, -0.15) is 4.98 Å². The van der Waals surface area contributed by atoms with Crippen LogP contribution in [0, 0.1) is 6.92 Å². The number of nitrogen functional groups attached to an aromatic ring is 1. The fourth-order valence-electron chi connectivity index (χ4n) is 1.06. The Morgan fingerprint density at radius 1 is 1.64 bits per heavy atom. The Balaban J connectivity index is 2.13. The molecule has 0 bridgehead atoms. The Kier molecular flexibility index (Phi) is 2.47. The van der Waals surface area contributed by atoms with E-state index in [1.54, 1.807) is 6.20 Å². The summed E-state index contributed by atoms with van der Waals surface area (Å²) in [5, 5.41) is 0. The smallest absolute Gasteiger partial charge is 0.240 e. The van der Waals surface area contributed by atoms with E-state index in [9.17, 15) is 0 Å². The Morgan fingerprint density at radius 3 is 3.00 bits per heavy atom. The van der Waals surface area contributed by atoms with Crippen LogP contribution in [0.3, 0.4) is 0 Å². The monoisotopic (exact) mass is 196 g/mol. The predicted octanol–water partition coefficient (Wildman–Crippen LogP) is -0.152. The first kappa shape index (κ1) is 9.17. The summed E-state index contributed by atoms with van der Waals surface area (Å²) in [5.41, 5.74) is 3.26. The molecule has 2 heterocycles. The molecule has 1 saturated heterocycles. The first-order chi connectivity index (χ1) is 6.79. The van der Waals surface area contributed by atoms with Gasteiger partial charge in [-0.3, -0.25) is 5.43 Å². The molecular weight excluding hydrogens is 184 g/mol. The van der Waals surface area contributed by atoms with Gasteiger partial charge in [0.05, 0.1) is 13.2 Å². The highest BCUT2D eigenvalue weighted by Crippen LogP contribution is 2.18. The second kappa shape index (κ2) is 3.77. The highest BCUT2D eigenvalue weighted by atomic mass is 16.6. The molecule has 1 aliphatic rings. The summed E-state index contributed by atoms with van der Waals surface area (Å²) in [6, 6.07) is 0. The number of hydrogen-bond donors (Lipinski definition) is 2. The van der Waals surface area contributed by atoms with Gasteiger partial charge in [0.1, 0.15) is 6.10 Å². The van der Waals surface area contributed by atoms with Gasteiger partial charge < -0.3 is 9.47 Å². The highest BCUT2D eigenvalue weighted by Gasteiger charge is 2.21. The zero-order valence-corrected chi connectivity index (χ0v) is 7.86. The van der Waals surface area contributed by atoms with Crippen molar-refractivity contribution in [1.82, 2.24) is 9.97 Å². The molecular formula is C8H12N4O2. The molecule has 0 spiro atoms. The molecule has 6 nitrogen and oxygen atoms in total. The van der Waals surface area contributed by atoms with Crippen LogP contribution in [-0.2, 0) is 4.74 Å². The van der Waals surface area contributed by atoms with Gasteiger partial charge in [-0.15, -0.1) is 0 Å². The quantitative estimate of drug-likeness (QED) is 0.516. The Morgan fingerprint density at radius 2 is 2.43 bits per heavy atom. The van der Waals surface area contributed by atoms with Crippen LogP contribution in [0.25, 0.3) is 0 Å². The lowest BCUT2D eigenvalue weighted by Crippen LogP contribution is -2.39. The van der Waals surface area contributed by atoms with Gasteiger partial charge in [0.2, 0.25) is 11.8 Å². The van der Waals surface area contributed by atoms with Gasteiger partial charge in [0.15, 0.2) is 0 Å². The summed E-state index contributed by atoms with van der Waals surface area (Å²) in [7, 11) is 0. The molecule has 1 aromatic heterocycles. The Bertz CT molecular complexity index is 327. The third kappa shape index (κ3) is 1.75. The molecule has 0 amide bonds. The van der Waals surface area contributed by atoms with E-state index >= 15 is 0 Å². The van der Waals surface area contributed by atoms with Crippen molar-refractivity contribution >= 4 is 5.95 Å². The number of rotatable bonds is 3. The number of nitrogens with zero attached hydrogens (tertiary/aromatic N) is 2. The highest BCUT2D eigenvalue weighted by molar-refractivity contribution is 5.31. The lowest BCUT2D eigenvalue weighted by atomic mass is 10.3. The third-order valence-electron chi connectivity index (χ3n) is 1.94. The number of aryl methyl sites for hydroxylation is 1. The van der Waals surface area contributed by atoms with Crippen LogP contribution in [0.1, 0.15) is 5.56 Å². The molecule has 0 atom stereocenters. The number of nitrogens with two attached hydrogens (primary N) is 1. The average Bonchev–Trinajstić information content (AvgIpc) is 2.14. The summed E-state index contributed by atoms with van der Waals surface area (Å²) < 4.78 is 10.5. The molecule has 3 N–H and O–H groups in total. The SMILES string of the molecule is Cc1cnc(NN)nc1OC1COC1. The van der Waals surface area contributed by atoms with Crippen LogP contribution in [0.5, 0.6) is 5.88 Å². The van der Waals surface area contributed by atoms with Crippen LogP contribution in [-0.4, -0.2) is 29.3 Å². The minimum Gasteiger partial charge on any atom is -0.469 e. The Hall–Kier alpha value is -1.40. The molecule has 0 aliphatic carbocycles. The number of ether oxygens (including phenoxy) is 2.